The molecule has 1 aromatic carbocycles. The highest BCUT2D eigenvalue weighted by Crippen LogP contribution is 2.50. The van der Waals surface area contributed by atoms with Crippen molar-refractivity contribution in [1.82, 2.24) is 0 Å². The minimum Gasteiger partial charge on any atom is -0.511 e. The monoisotopic (exact) mass is 508 g/mol. The Kier molecular flexibility index (Phi) is 4.71. The van der Waals surface area contributed by atoms with Crippen LogP contribution in [0.5, 0.6) is 5.75 Å². The SMILES string of the molecule is CN(C)c1cc(I)c(O)c2c1CC1CC3CC=C(C(N)=O)C(=O)C3C(O)=C1C2=O. The summed E-state index contributed by atoms with van der Waals surface area (Å²) in [5.41, 5.74) is 7.16. The molecule has 4 N–H and O–H groups in total. The zero-order valence-electron chi connectivity index (χ0n) is 16.0. The number of nitrogens with zero attached hydrogens (tertiary/aromatic N) is 1. The number of aromatic hydroxyl groups is 1. The van der Waals surface area contributed by atoms with Crippen LogP contribution in [0.25, 0.3) is 0 Å². The maximum atomic E-state index is 13.4. The number of hydrogen-bond acceptors (Lipinski definition) is 6. The van der Waals surface area contributed by atoms with Gasteiger partial charge in [0.2, 0.25) is 0 Å². The molecule has 4 rings (SSSR count). The first-order valence-electron chi connectivity index (χ1n) is 9.37. The van der Waals surface area contributed by atoms with Gasteiger partial charge in [0.25, 0.3) is 5.91 Å². The Hall–Kier alpha value is -2.36. The molecule has 0 aromatic heterocycles. The number of rotatable bonds is 2. The van der Waals surface area contributed by atoms with Gasteiger partial charge in [-0.3, -0.25) is 14.4 Å². The van der Waals surface area contributed by atoms with Crippen LogP contribution in [0.4, 0.5) is 5.69 Å². The van der Waals surface area contributed by atoms with Gasteiger partial charge in [0.05, 0.1) is 20.6 Å². The molecule has 152 valence electrons. The number of aliphatic hydroxyl groups is 1. The Morgan fingerprint density at radius 3 is 2.59 bits per heavy atom. The summed E-state index contributed by atoms with van der Waals surface area (Å²) in [5.74, 6) is -3.55. The van der Waals surface area contributed by atoms with Gasteiger partial charge in [0.15, 0.2) is 11.6 Å². The van der Waals surface area contributed by atoms with E-state index in [2.05, 4.69) is 0 Å². The summed E-state index contributed by atoms with van der Waals surface area (Å²) in [5, 5.41) is 21.6. The summed E-state index contributed by atoms with van der Waals surface area (Å²) in [6, 6.07) is 1.84. The molecular weight excluding hydrogens is 487 g/mol. The van der Waals surface area contributed by atoms with Gasteiger partial charge in [-0.25, -0.2) is 0 Å². The quantitative estimate of drug-likeness (QED) is 0.417. The normalized spacial score (nSPS) is 25.8. The molecule has 0 heterocycles. The van der Waals surface area contributed by atoms with E-state index in [0.29, 0.717) is 22.8 Å². The summed E-state index contributed by atoms with van der Waals surface area (Å²) in [7, 11) is 3.76. The Morgan fingerprint density at radius 1 is 1.28 bits per heavy atom. The van der Waals surface area contributed by atoms with Crippen molar-refractivity contribution >= 4 is 45.8 Å². The van der Waals surface area contributed by atoms with E-state index in [-0.39, 0.29) is 40.1 Å². The van der Waals surface area contributed by atoms with Crippen LogP contribution in [0.3, 0.4) is 0 Å². The van der Waals surface area contributed by atoms with Crippen molar-refractivity contribution in [3.63, 3.8) is 0 Å². The fourth-order valence-corrected chi connectivity index (χ4v) is 5.50. The Balaban J connectivity index is 1.88. The first-order chi connectivity index (χ1) is 13.6. The number of carbonyl (C=O) groups excluding carboxylic acids is 3. The van der Waals surface area contributed by atoms with E-state index in [1.807, 2.05) is 47.7 Å². The third-order valence-corrected chi connectivity index (χ3v) is 7.04. The molecule has 1 amide bonds. The van der Waals surface area contributed by atoms with Crippen LogP contribution in [0.1, 0.15) is 28.8 Å². The second-order valence-electron chi connectivity index (χ2n) is 8.06. The molecule has 0 saturated heterocycles. The molecule has 0 radical (unpaired) electrons. The standard InChI is InChI=1S/C21H21IN2O5/c1-24(2)13-7-12(22)18(26)16-11(13)6-9-5-8-3-4-10(21(23)29)17(25)14(8)19(27)15(9)20(16)28/h4,7-9,14,26-27H,3,5-6H2,1-2H3,(H2,23,29). The molecule has 3 aliphatic carbocycles. The fraction of sp³-hybridized carbons (Fsp3) is 0.381. The summed E-state index contributed by atoms with van der Waals surface area (Å²) < 4.78 is 0.540. The van der Waals surface area contributed by atoms with E-state index in [9.17, 15) is 24.6 Å². The predicted octanol–water partition coefficient (Wildman–Crippen LogP) is 2.25. The minimum absolute atomic E-state index is 0.107. The van der Waals surface area contributed by atoms with Crippen molar-refractivity contribution in [3.05, 3.63) is 43.7 Å². The zero-order valence-corrected chi connectivity index (χ0v) is 18.2. The number of phenols is 1. The number of hydrogen-bond donors (Lipinski definition) is 3. The maximum absolute atomic E-state index is 13.4. The van der Waals surface area contributed by atoms with E-state index >= 15 is 0 Å². The lowest BCUT2D eigenvalue weighted by molar-refractivity contribution is -0.125. The van der Waals surface area contributed by atoms with E-state index in [0.717, 1.165) is 11.3 Å². The number of ketones is 2. The number of allylic oxidation sites excluding steroid dienone is 3. The molecule has 0 aliphatic heterocycles. The smallest absolute Gasteiger partial charge is 0.252 e. The van der Waals surface area contributed by atoms with Crippen LogP contribution < -0.4 is 10.6 Å². The maximum Gasteiger partial charge on any atom is 0.252 e. The van der Waals surface area contributed by atoms with Gasteiger partial charge in [-0.2, -0.15) is 0 Å². The number of carbonyl (C=O) groups is 3. The molecule has 29 heavy (non-hydrogen) atoms. The number of fused-ring (bicyclic) bond motifs is 3. The van der Waals surface area contributed by atoms with Gasteiger partial charge >= 0.3 is 0 Å². The van der Waals surface area contributed by atoms with Crippen LogP contribution in [0, 0.1) is 21.3 Å². The number of amides is 1. The number of anilines is 1. The average Bonchev–Trinajstić information content (AvgIpc) is 2.63. The molecule has 0 fully saturated rings. The van der Waals surface area contributed by atoms with Crippen molar-refractivity contribution in [2.75, 3.05) is 19.0 Å². The number of phenolic OH excluding ortho intramolecular Hbond substituents is 1. The first-order valence-corrected chi connectivity index (χ1v) is 10.4. The molecule has 3 unspecified atom stereocenters. The highest BCUT2D eigenvalue weighted by atomic mass is 127. The average molecular weight is 508 g/mol. The molecule has 0 saturated carbocycles. The van der Waals surface area contributed by atoms with Gasteiger partial charge < -0.3 is 20.8 Å². The van der Waals surface area contributed by atoms with Gasteiger partial charge in [0.1, 0.15) is 11.5 Å². The summed E-state index contributed by atoms with van der Waals surface area (Å²) in [6.45, 7) is 0. The Labute approximate surface area is 181 Å². The predicted molar refractivity (Wildman–Crippen MR) is 115 cm³/mol. The third kappa shape index (κ3) is 2.87. The zero-order chi connectivity index (χ0) is 21.2. The minimum atomic E-state index is -0.933. The van der Waals surface area contributed by atoms with Crippen molar-refractivity contribution < 1.29 is 24.6 Å². The van der Waals surface area contributed by atoms with E-state index in [1.54, 1.807) is 6.08 Å². The number of benzene rings is 1. The molecule has 3 aliphatic rings. The Bertz CT molecular complexity index is 1040. The molecule has 1 aromatic rings. The van der Waals surface area contributed by atoms with Gasteiger partial charge in [-0.1, -0.05) is 6.08 Å². The van der Waals surface area contributed by atoms with Crippen molar-refractivity contribution in [2.45, 2.75) is 19.3 Å². The Morgan fingerprint density at radius 2 is 1.97 bits per heavy atom. The van der Waals surface area contributed by atoms with Crippen molar-refractivity contribution in [2.24, 2.45) is 23.5 Å². The van der Waals surface area contributed by atoms with Crippen molar-refractivity contribution in [3.8, 4) is 5.75 Å². The van der Waals surface area contributed by atoms with Gasteiger partial charge in [0, 0.05) is 25.4 Å². The van der Waals surface area contributed by atoms with E-state index in [1.165, 1.54) is 0 Å². The van der Waals surface area contributed by atoms with Crippen LogP contribution in [-0.2, 0) is 16.0 Å². The highest BCUT2D eigenvalue weighted by molar-refractivity contribution is 14.1. The lowest BCUT2D eigenvalue weighted by Crippen LogP contribution is -2.42. The highest BCUT2D eigenvalue weighted by Gasteiger charge is 2.48. The molecular formula is C21H21IN2O5. The van der Waals surface area contributed by atoms with Crippen LogP contribution in [-0.4, -0.2) is 41.8 Å². The summed E-state index contributed by atoms with van der Waals surface area (Å²) in [6.07, 6.45) is 3.02. The van der Waals surface area contributed by atoms with Crippen LogP contribution in [0.2, 0.25) is 0 Å². The van der Waals surface area contributed by atoms with E-state index < -0.39 is 23.4 Å². The fourth-order valence-electron chi connectivity index (χ4n) is 4.93. The summed E-state index contributed by atoms with van der Waals surface area (Å²) in [4.78, 5) is 39.6. The lowest BCUT2D eigenvalue weighted by atomic mass is 9.63. The number of halogens is 1. The van der Waals surface area contributed by atoms with Gasteiger partial charge in [-0.05, 0) is 65.3 Å². The van der Waals surface area contributed by atoms with Crippen molar-refractivity contribution in [1.29, 1.82) is 0 Å². The third-order valence-electron chi connectivity index (χ3n) is 6.22. The van der Waals surface area contributed by atoms with Gasteiger partial charge in [-0.15, -0.1) is 0 Å². The molecule has 3 atom stereocenters. The topological polar surface area (TPSA) is 121 Å². The number of nitrogens with two attached hydrogens (primary N) is 1. The molecule has 8 heteroatoms. The molecule has 0 spiro atoms. The van der Waals surface area contributed by atoms with Crippen LogP contribution in [0.15, 0.2) is 29.0 Å². The lowest BCUT2D eigenvalue weighted by Gasteiger charge is -2.41. The largest absolute Gasteiger partial charge is 0.511 e. The number of primary amides is 1. The summed E-state index contributed by atoms with van der Waals surface area (Å²) >= 11 is 1.97. The second-order valence-corrected chi connectivity index (χ2v) is 9.22. The van der Waals surface area contributed by atoms with E-state index in [4.69, 9.17) is 5.73 Å². The number of aliphatic hydroxyl groups excluding tert-OH is 1. The second kappa shape index (κ2) is 6.86. The first kappa shape index (κ1) is 19.9. The molecule has 0 bridgehead atoms. The number of Topliss-reactive ketones (excluding diaryl/α,β-unsaturated/α-hetero) is 2. The molecule has 7 nitrogen and oxygen atoms in total. The van der Waals surface area contributed by atoms with Crippen LogP contribution >= 0.6 is 22.6 Å².